The average molecular weight is 311 g/mol. The van der Waals surface area contributed by atoms with E-state index >= 15 is 0 Å². The van der Waals surface area contributed by atoms with Crippen molar-refractivity contribution in [2.45, 2.75) is 18.7 Å². The van der Waals surface area contributed by atoms with Crippen LogP contribution in [0.3, 0.4) is 0 Å². The molecule has 0 amide bonds. The Hall–Kier alpha value is -1.59. The standard InChI is InChI=1S/C14H15ClN2O2S/c1-10-8-11(2)17(3)9-14(10)20(18,19)16-13-6-4-12(15)5-7-13/h4-9H,1-3H3. The van der Waals surface area contributed by atoms with Crippen LogP contribution >= 0.6 is 11.6 Å². The highest BCUT2D eigenvalue weighted by Crippen LogP contribution is 2.29. The van der Waals surface area contributed by atoms with E-state index in [9.17, 15) is 8.42 Å². The molecule has 2 rings (SSSR count). The van der Waals surface area contributed by atoms with Crippen molar-refractivity contribution in [1.29, 1.82) is 0 Å². The molecule has 106 valence electrons. The van der Waals surface area contributed by atoms with Gasteiger partial charge >= 0.3 is 0 Å². The molecule has 0 saturated carbocycles. The first-order valence-corrected chi connectivity index (χ1v) is 7.82. The van der Waals surface area contributed by atoms with Crippen molar-refractivity contribution in [2.24, 2.45) is 7.05 Å². The molecule has 0 aliphatic carbocycles. The SMILES string of the molecule is Cc1cc(C)[n+](C)cc1S(=O)(=O)[N-]c1ccc(Cl)cc1. The highest BCUT2D eigenvalue weighted by atomic mass is 35.5. The molecule has 0 N–H and O–H groups in total. The molecule has 1 heterocycles. The number of aromatic nitrogens is 1. The predicted octanol–water partition coefficient (Wildman–Crippen LogP) is 3.18. The summed E-state index contributed by atoms with van der Waals surface area (Å²) in [5.74, 6) is 0. The predicted molar refractivity (Wildman–Crippen MR) is 78.7 cm³/mol. The summed E-state index contributed by atoms with van der Waals surface area (Å²) in [4.78, 5) is 0.209. The summed E-state index contributed by atoms with van der Waals surface area (Å²) in [6, 6.07) is 8.19. The number of hydrogen-bond acceptors (Lipinski definition) is 2. The van der Waals surface area contributed by atoms with E-state index in [-0.39, 0.29) is 4.90 Å². The molecule has 0 spiro atoms. The van der Waals surface area contributed by atoms with E-state index in [1.807, 2.05) is 13.0 Å². The van der Waals surface area contributed by atoms with Gasteiger partial charge in [-0.1, -0.05) is 23.7 Å². The number of halogens is 1. The molecule has 0 bridgehead atoms. The molecule has 4 nitrogen and oxygen atoms in total. The smallest absolute Gasteiger partial charge is 0.186 e. The molecule has 1 aromatic heterocycles. The second kappa shape index (κ2) is 5.42. The number of rotatable bonds is 3. The Morgan fingerprint density at radius 3 is 2.35 bits per heavy atom. The molecule has 20 heavy (non-hydrogen) atoms. The Kier molecular flexibility index (Phi) is 4.01. The minimum Gasteiger partial charge on any atom is -0.573 e. The van der Waals surface area contributed by atoms with Gasteiger partial charge in [-0.25, -0.2) is 13.0 Å². The summed E-state index contributed by atoms with van der Waals surface area (Å²) in [6.45, 7) is 3.68. The maximum Gasteiger partial charge on any atom is 0.186 e. The summed E-state index contributed by atoms with van der Waals surface area (Å²) in [6.07, 6.45) is 1.58. The van der Waals surface area contributed by atoms with Crippen LogP contribution in [0.15, 0.2) is 41.4 Å². The van der Waals surface area contributed by atoms with Crippen molar-refractivity contribution in [3.8, 4) is 0 Å². The van der Waals surface area contributed by atoms with Gasteiger partial charge in [-0.2, -0.15) is 0 Å². The summed E-state index contributed by atoms with van der Waals surface area (Å²) >= 11 is 5.77. The van der Waals surface area contributed by atoms with Crippen LogP contribution in [0.4, 0.5) is 5.69 Å². The second-order valence-electron chi connectivity index (χ2n) is 4.62. The molecule has 0 fully saturated rings. The van der Waals surface area contributed by atoms with E-state index in [2.05, 4.69) is 4.72 Å². The molecular weight excluding hydrogens is 296 g/mol. The van der Waals surface area contributed by atoms with Crippen molar-refractivity contribution in [3.63, 3.8) is 0 Å². The topological polar surface area (TPSA) is 52.1 Å². The maximum absolute atomic E-state index is 12.4. The summed E-state index contributed by atoms with van der Waals surface area (Å²) < 4.78 is 30.3. The minimum atomic E-state index is -3.74. The normalized spacial score (nSPS) is 11.4. The van der Waals surface area contributed by atoms with E-state index in [1.54, 1.807) is 49.0 Å². The molecule has 2 aromatic rings. The van der Waals surface area contributed by atoms with Crippen LogP contribution in [-0.4, -0.2) is 8.42 Å². The minimum absolute atomic E-state index is 0.209. The van der Waals surface area contributed by atoms with Crippen LogP contribution in [0.5, 0.6) is 0 Å². The van der Waals surface area contributed by atoms with E-state index in [0.717, 1.165) is 5.69 Å². The van der Waals surface area contributed by atoms with Crippen molar-refractivity contribution in [1.82, 2.24) is 0 Å². The van der Waals surface area contributed by atoms with Crippen LogP contribution in [0.25, 0.3) is 4.72 Å². The van der Waals surface area contributed by atoms with Crippen LogP contribution < -0.4 is 4.57 Å². The molecule has 0 saturated heterocycles. The number of benzene rings is 1. The third-order valence-corrected chi connectivity index (χ3v) is 4.70. The lowest BCUT2D eigenvalue weighted by Gasteiger charge is -2.22. The van der Waals surface area contributed by atoms with Crippen molar-refractivity contribution in [3.05, 3.63) is 57.5 Å². The van der Waals surface area contributed by atoms with E-state index in [4.69, 9.17) is 11.6 Å². The van der Waals surface area contributed by atoms with Crippen LogP contribution in [0.2, 0.25) is 5.02 Å². The fraction of sp³-hybridized carbons (Fsp3) is 0.214. The van der Waals surface area contributed by atoms with Gasteiger partial charge in [0.05, 0.1) is 0 Å². The first-order chi connectivity index (χ1) is 9.29. The lowest BCUT2D eigenvalue weighted by atomic mass is 10.2. The van der Waals surface area contributed by atoms with Crippen LogP contribution in [0.1, 0.15) is 11.3 Å². The zero-order chi connectivity index (χ0) is 14.9. The van der Waals surface area contributed by atoms with Crippen LogP contribution in [-0.2, 0) is 17.1 Å². The van der Waals surface area contributed by atoms with Gasteiger partial charge in [-0.3, -0.25) is 0 Å². The Labute approximate surface area is 124 Å². The number of pyridine rings is 1. The molecule has 1 aromatic carbocycles. The monoisotopic (exact) mass is 310 g/mol. The lowest BCUT2D eigenvalue weighted by Crippen LogP contribution is -2.32. The lowest BCUT2D eigenvalue weighted by molar-refractivity contribution is -0.679. The Bertz CT molecular complexity index is 741. The molecule has 6 heteroatoms. The summed E-state index contributed by atoms with van der Waals surface area (Å²) in [5.41, 5.74) is 2.02. The number of aryl methyl sites for hydroxylation is 3. The zero-order valence-corrected chi connectivity index (χ0v) is 13.0. The highest BCUT2D eigenvalue weighted by Gasteiger charge is 2.15. The third kappa shape index (κ3) is 3.11. The molecule has 0 unspecified atom stereocenters. The number of nitrogens with zero attached hydrogens (tertiary/aromatic N) is 2. The molecule has 0 atom stereocenters. The Morgan fingerprint density at radius 1 is 1.15 bits per heavy atom. The first kappa shape index (κ1) is 14.8. The Balaban J connectivity index is 2.40. The first-order valence-electron chi connectivity index (χ1n) is 6.00. The maximum atomic E-state index is 12.4. The van der Waals surface area contributed by atoms with Gasteiger partial charge in [0.1, 0.15) is 22.0 Å². The van der Waals surface area contributed by atoms with Gasteiger partial charge < -0.3 is 4.72 Å². The fourth-order valence-electron chi connectivity index (χ4n) is 1.83. The average Bonchev–Trinajstić information content (AvgIpc) is 2.36. The number of hydrogen-bond donors (Lipinski definition) is 0. The summed E-state index contributed by atoms with van der Waals surface area (Å²) in [5, 5.41) is 0.541. The van der Waals surface area contributed by atoms with Gasteiger partial charge in [0.2, 0.25) is 0 Å². The van der Waals surface area contributed by atoms with Crippen molar-refractivity contribution >= 4 is 27.3 Å². The van der Waals surface area contributed by atoms with Crippen molar-refractivity contribution in [2.75, 3.05) is 0 Å². The summed E-state index contributed by atoms with van der Waals surface area (Å²) in [7, 11) is -1.93. The van der Waals surface area contributed by atoms with Gasteiger partial charge in [0.25, 0.3) is 0 Å². The van der Waals surface area contributed by atoms with Crippen molar-refractivity contribution < 1.29 is 13.0 Å². The number of sulfonamides is 1. The Morgan fingerprint density at radius 2 is 1.75 bits per heavy atom. The van der Waals surface area contributed by atoms with Gasteiger partial charge in [-0.05, 0) is 24.6 Å². The van der Waals surface area contributed by atoms with E-state index in [1.165, 1.54) is 0 Å². The quantitative estimate of drug-likeness (QED) is 0.818. The largest absolute Gasteiger partial charge is 0.573 e. The zero-order valence-electron chi connectivity index (χ0n) is 11.5. The molecule has 0 aliphatic rings. The van der Waals surface area contributed by atoms with Gasteiger partial charge in [0, 0.05) is 18.0 Å². The van der Waals surface area contributed by atoms with Gasteiger partial charge in [-0.15, -0.1) is 5.69 Å². The second-order valence-corrected chi connectivity index (χ2v) is 6.62. The molecular formula is C14H15ClN2O2S. The van der Waals surface area contributed by atoms with E-state index < -0.39 is 10.0 Å². The van der Waals surface area contributed by atoms with Crippen LogP contribution in [0, 0.1) is 13.8 Å². The molecule has 0 radical (unpaired) electrons. The van der Waals surface area contributed by atoms with Gasteiger partial charge in [0.15, 0.2) is 11.9 Å². The highest BCUT2D eigenvalue weighted by molar-refractivity contribution is 7.94. The fourth-order valence-corrected chi connectivity index (χ4v) is 3.21. The molecule has 0 aliphatic heterocycles. The van der Waals surface area contributed by atoms with E-state index in [0.29, 0.717) is 16.3 Å². The third-order valence-electron chi connectivity index (χ3n) is 3.01.